The quantitative estimate of drug-likeness (QED) is 0.607. The Morgan fingerprint density at radius 2 is 2.00 bits per heavy atom. The molecule has 0 radical (unpaired) electrons. The fourth-order valence-corrected chi connectivity index (χ4v) is 2.28. The lowest BCUT2D eigenvalue weighted by molar-refractivity contribution is 0.0332. The van der Waals surface area contributed by atoms with Gasteiger partial charge in [-0.05, 0) is 24.0 Å². The number of ether oxygens (including phenoxy) is 1. The van der Waals surface area contributed by atoms with Crippen molar-refractivity contribution >= 4 is 11.6 Å². The van der Waals surface area contributed by atoms with E-state index in [9.17, 15) is 0 Å². The average molecular weight is 257 g/mol. The third-order valence-electron chi connectivity index (χ3n) is 2.94. The molecule has 1 aromatic carbocycles. The Morgan fingerprint density at radius 3 is 2.47 bits per heavy atom. The van der Waals surface area contributed by atoms with Gasteiger partial charge in [-0.3, -0.25) is 11.3 Å². The zero-order chi connectivity index (χ0) is 12.8. The summed E-state index contributed by atoms with van der Waals surface area (Å²) in [4.78, 5) is 0. The highest BCUT2D eigenvalue weighted by atomic mass is 35.5. The number of halogens is 1. The molecule has 1 rings (SSSR count). The molecule has 2 atom stereocenters. The number of hydrazine groups is 1. The van der Waals surface area contributed by atoms with E-state index in [0.717, 1.165) is 17.0 Å². The highest BCUT2D eigenvalue weighted by Gasteiger charge is 2.24. The first-order valence-corrected chi connectivity index (χ1v) is 6.20. The zero-order valence-electron chi connectivity index (χ0n) is 10.6. The number of rotatable bonds is 6. The van der Waals surface area contributed by atoms with Crippen molar-refractivity contribution in [1.29, 1.82) is 0 Å². The second-order valence-electron chi connectivity index (χ2n) is 4.51. The largest absolute Gasteiger partial charge is 0.380 e. The minimum absolute atomic E-state index is 0.0555. The van der Waals surface area contributed by atoms with Gasteiger partial charge in [0.1, 0.15) is 0 Å². The van der Waals surface area contributed by atoms with Gasteiger partial charge in [-0.25, -0.2) is 0 Å². The molecule has 1 aromatic rings. The molecule has 0 aliphatic rings. The standard InChI is InChI=1S/C13H21ClN2O/c1-9(2)13(17-3)12(16-15)8-10-6-4-5-7-11(10)14/h4-7,9,12-13,16H,8,15H2,1-3H3. The van der Waals surface area contributed by atoms with Crippen LogP contribution >= 0.6 is 11.6 Å². The number of nitrogens with one attached hydrogen (secondary N) is 1. The summed E-state index contributed by atoms with van der Waals surface area (Å²) < 4.78 is 5.49. The molecule has 0 fully saturated rings. The monoisotopic (exact) mass is 256 g/mol. The first-order valence-electron chi connectivity index (χ1n) is 5.82. The van der Waals surface area contributed by atoms with Crippen LogP contribution < -0.4 is 11.3 Å². The van der Waals surface area contributed by atoms with Gasteiger partial charge < -0.3 is 4.74 Å². The smallest absolute Gasteiger partial charge is 0.0763 e. The molecule has 0 saturated carbocycles. The van der Waals surface area contributed by atoms with Gasteiger partial charge in [-0.1, -0.05) is 43.6 Å². The molecular formula is C13H21ClN2O. The normalized spacial score (nSPS) is 14.9. The van der Waals surface area contributed by atoms with E-state index in [1.165, 1.54) is 0 Å². The van der Waals surface area contributed by atoms with Gasteiger partial charge in [-0.15, -0.1) is 0 Å². The zero-order valence-corrected chi connectivity index (χ0v) is 11.4. The van der Waals surface area contributed by atoms with E-state index in [-0.39, 0.29) is 12.1 Å². The SMILES string of the molecule is COC(C(C)C)C(Cc1ccccc1Cl)NN. The van der Waals surface area contributed by atoms with Crippen LogP contribution in [0.4, 0.5) is 0 Å². The summed E-state index contributed by atoms with van der Waals surface area (Å²) in [5, 5.41) is 0.770. The van der Waals surface area contributed by atoms with Gasteiger partial charge in [0, 0.05) is 12.1 Å². The lowest BCUT2D eigenvalue weighted by Crippen LogP contribution is -2.48. The number of nitrogens with two attached hydrogens (primary N) is 1. The lowest BCUT2D eigenvalue weighted by Gasteiger charge is -2.28. The van der Waals surface area contributed by atoms with Crippen LogP contribution in [-0.4, -0.2) is 19.3 Å². The molecule has 4 heteroatoms. The predicted molar refractivity (Wildman–Crippen MR) is 71.9 cm³/mol. The van der Waals surface area contributed by atoms with Gasteiger partial charge in [0.25, 0.3) is 0 Å². The summed E-state index contributed by atoms with van der Waals surface area (Å²) in [5.41, 5.74) is 3.91. The number of methoxy groups -OCH3 is 1. The molecule has 3 nitrogen and oxygen atoms in total. The van der Waals surface area contributed by atoms with E-state index >= 15 is 0 Å². The van der Waals surface area contributed by atoms with E-state index < -0.39 is 0 Å². The van der Waals surface area contributed by atoms with E-state index in [1.54, 1.807) is 7.11 Å². The van der Waals surface area contributed by atoms with Gasteiger partial charge in [-0.2, -0.15) is 0 Å². The van der Waals surface area contributed by atoms with Crippen LogP contribution in [0.1, 0.15) is 19.4 Å². The summed E-state index contributed by atoms with van der Waals surface area (Å²) in [6, 6.07) is 7.86. The molecule has 96 valence electrons. The van der Waals surface area contributed by atoms with E-state index in [2.05, 4.69) is 19.3 Å². The van der Waals surface area contributed by atoms with Crippen molar-refractivity contribution < 1.29 is 4.74 Å². The molecule has 0 spiro atoms. The molecule has 2 unspecified atom stereocenters. The van der Waals surface area contributed by atoms with Crippen LogP contribution in [0.5, 0.6) is 0 Å². The molecule has 0 heterocycles. The van der Waals surface area contributed by atoms with Crippen LogP contribution in [0, 0.1) is 5.92 Å². The Balaban J connectivity index is 2.79. The van der Waals surface area contributed by atoms with Crippen molar-refractivity contribution in [3.05, 3.63) is 34.9 Å². The van der Waals surface area contributed by atoms with Crippen LogP contribution in [0.3, 0.4) is 0 Å². The number of benzene rings is 1. The first kappa shape index (κ1) is 14.5. The second kappa shape index (κ2) is 6.97. The first-order chi connectivity index (χ1) is 8.10. The van der Waals surface area contributed by atoms with Crippen molar-refractivity contribution in [2.24, 2.45) is 11.8 Å². The van der Waals surface area contributed by atoms with Gasteiger partial charge in [0.15, 0.2) is 0 Å². The minimum Gasteiger partial charge on any atom is -0.380 e. The Bertz CT molecular complexity index is 344. The molecule has 0 amide bonds. The van der Waals surface area contributed by atoms with E-state index in [1.807, 2.05) is 24.3 Å². The van der Waals surface area contributed by atoms with Gasteiger partial charge >= 0.3 is 0 Å². The molecule has 0 aliphatic carbocycles. The van der Waals surface area contributed by atoms with Crippen molar-refractivity contribution in [3.63, 3.8) is 0 Å². The molecule has 0 bridgehead atoms. The molecule has 0 saturated heterocycles. The maximum atomic E-state index is 6.14. The van der Waals surface area contributed by atoms with Crippen molar-refractivity contribution in [2.45, 2.75) is 32.4 Å². The Labute approximate surface area is 108 Å². The molecule has 17 heavy (non-hydrogen) atoms. The summed E-state index contributed by atoms with van der Waals surface area (Å²) in [6.07, 6.45) is 0.823. The third-order valence-corrected chi connectivity index (χ3v) is 3.31. The van der Waals surface area contributed by atoms with Crippen LogP contribution in [0.15, 0.2) is 24.3 Å². The van der Waals surface area contributed by atoms with E-state index in [4.69, 9.17) is 22.2 Å². The summed E-state index contributed by atoms with van der Waals surface area (Å²) in [6.45, 7) is 4.23. The van der Waals surface area contributed by atoms with Crippen molar-refractivity contribution in [1.82, 2.24) is 5.43 Å². The van der Waals surface area contributed by atoms with Crippen molar-refractivity contribution in [3.8, 4) is 0 Å². The highest BCUT2D eigenvalue weighted by Crippen LogP contribution is 2.20. The van der Waals surface area contributed by atoms with Crippen LogP contribution in [0.2, 0.25) is 5.02 Å². The van der Waals surface area contributed by atoms with Crippen LogP contribution in [-0.2, 0) is 11.2 Å². The fourth-order valence-electron chi connectivity index (χ4n) is 2.07. The Morgan fingerprint density at radius 1 is 1.35 bits per heavy atom. The van der Waals surface area contributed by atoms with Crippen molar-refractivity contribution in [2.75, 3.05) is 7.11 Å². The summed E-state index contributed by atoms with van der Waals surface area (Å²) >= 11 is 6.14. The van der Waals surface area contributed by atoms with Gasteiger partial charge in [0.05, 0.1) is 12.1 Å². The third kappa shape index (κ3) is 3.96. The number of hydrogen-bond donors (Lipinski definition) is 2. The van der Waals surface area contributed by atoms with E-state index in [0.29, 0.717) is 5.92 Å². The Kier molecular flexibility index (Phi) is 5.92. The molecule has 0 aliphatic heterocycles. The minimum atomic E-state index is 0.0555. The lowest BCUT2D eigenvalue weighted by atomic mass is 9.94. The average Bonchev–Trinajstić information content (AvgIpc) is 2.30. The predicted octanol–water partition coefficient (Wildman–Crippen LogP) is 2.39. The van der Waals surface area contributed by atoms with Gasteiger partial charge in [0.2, 0.25) is 0 Å². The summed E-state index contributed by atoms with van der Waals surface area (Å²) in [7, 11) is 1.71. The second-order valence-corrected chi connectivity index (χ2v) is 4.92. The molecular weight excluding hydrogens is 236 g/mol. The maximum Gasteiger partial charge on any atom is 0.0763 e. The molecule has 0 aromatic heterocycles. The Hall–Kier alpha value is -0.610. The molecule has 3 N–H and O–H groups in total. The number of hydrogen-bond acceptors (Lipinski definition) is 3. The topological polar surface area (TPSA) is 47.3 Å². The van der Waals surface area contributed by atoms with Crippen LogP contribution in [0.25, 0.3) is 0 Å². The highest BCUT2D eigenvalue weighted by molar-refractivity contribution is 6.31. The fraction of sp³-hybridized carbons (Fsp3) is 0.538. The summed E-state index contributed by atoms with van der Waals surface area (Å²) in [5.74, 6) is 6.00. The maximum absolute atomic E-state index is 6.14.